The summed E-state index contributed by atoms with van der Waals surface area (Å²) in [5.41, 5.74) is 0.991. The Labute approximate surface area is 120 Å². The van der Waals surface area contributed by atoms with Crippen molar-refractivity contribution in [1.29, 1.82) is 0 Å². The third-order valence-electron chi connectivity index (χ3n) is 3.75. The molecule has 1 aromatic rings. The Kier molecular flexibility index (Phi) is 4.70. The number of likely N-dealkylation sites (tertiary alicyclic amines) is 1. The molecular weight excluding hydrogens is 260 g/mol. The van der Waals surface area contributed by atoms with Gasteiger partial charge in [0.05, 0.1) is 0 Å². The Balaban J connectivity index is 1.94. The maximum atomic E-state index is 12.3. The fourth-order valence-electron chi connectivity index (χ4n) is 2.39. The lowest BCUT2D eigenvalue weighted by molar-refractivity contribution is 0.141. The molecule has 0 spiro atoms. The first-order valence-electron chi connectivity index (χ1n) is 6.81. The monoisotopic (exact) mass is 280 g/mol. The van der Waals surface area contributed by atoms with Crippen molar-refractivity contribution >= 4 is 17.6 Å². The van der Waals surface area contributed by atoms with Crippen LogP contribution in [0.3, 0.4) is 0 Å². The number of nitrogens with zero attached hydrogens (tertiary/aromatic N) is 2. The predicted octanol–water partition coefficient (Wildman–Crippen LogP) is 3.62. The van der Waals surface area contributed by atoms with Gasteiger partial charge in [0.2, 0.25) is 0 Å². The molecule has 0 unspecified atom stereocenters. The molecule has 1 aromatic carbocycles. The summed E-state index contributed by atoms with van der Waals surface area (Å²) in [5, 5.41) is 0.717. The van der Waals surface area contributed by atoms with E-state index < -0.39 is 0 Å². The van der Waals surface area contributed by atoms with E-state index in [9.17, 15) is 4.79 Å². The molecule has 0 aromatic heterocycles. The summed E-state index contributed by atoms with van der Waals surface area (Å²) in [6, 6.07) is 7.77. The number of halogens is 1. The van der Waals surface area contributed by atoms with Gasteiger partial charge in [-0.15, -0.1) is 0 Å². The molecule has 0 N–H and O–H groups in total. The molecule has 3 nitrogen and oxygen atoms in total. The molecule has 1 aliphatic rings. The van der Waals surface area contributed by atoms with Gasteiger partial charge in [0.25, 0.3) is 0 Å². The third-order valence-corrected chi connectivity index (χ3v) is 4.11. The average Bonchev–Trinajstić information content (AvgIpc) is 2.41. The lowest BCUT2D eigenvalue weighted by Crippen LogP contribution is -2.44. The number of urea groups is 1. The number of carbonyl (C=O) groups is 1. The average molecular weight is 281 g/mol. The van der Waals surface area contributed by atoms with Crippen molar-refractivity contribution in [1.82, 2.24) is 9.80 Å². The van der Waals surface area contributed by atoms with Crippen LogP contribution in [-0.2, 0) is 6.54 Å². The van der Waals surface area contributed by atoms with Crippen molar-refractivity contribution in [2.45, 2.75) is 26.3 Å². The fraction of sp³-hybridized carbons (Fsp3) is 0.533. The first kappa shape index (κ1) is 14.2. The quantitative estimate of drug-likeness (QED) is 0.812. The molecule has 1 aliphatic heterocycles. The number of benzene rings is 1. The molecule has 2 rings (SSSR count). The van der Waals surface area contributed by atoms with E-state index in [4.69, 9.17) is 11.6 Å². The van der Waals surface area contributed by atoms with Crippen LogP contribution in [-0.4, -0.2) is 36.0 Å². The van der Waals surface area contributed by atoms with E-state index in [1.165, 1.54) is 0 Å². The smallest absolute Gasteiger partial charge is 0.320 e. The number of hydrogen-bond acceptors (Lipinski definition) is 1. The van der Waals surface area contributed by atoms with Gasteiger partial charge in [-0.05, 0) is 30.4 Å². The highest BCUT2D eigenvalue weighted by Gasteiger charge is 2.23. The zero-order chi connectivity index (χ0) is 13.8. The number of rotatable bonds is 2. The molecule has 2 amide bonds. The van der Waals surface area contributed by atoms with Crippen molar-refractivity contribution < 1.29 is 4.79 Å². The van der Waals surface area contributed by atoms with Gasteiger partial charge in [-0.25, -0.2) is 4.79 Å². The van der Waals surface area contributed by atoms with E-state index in [1.54, 1.807) is 4.90 Å². The fourth-order valence-corrected chi connectivity index (χ4v) is 2.59. The molecule has 1 saturated heterocycles. The molecule has 1 fully saturated rings. The second-order valence-corrected chi connectivity index (χ2v) is 5.81. The molecule has 0 saturated carbocycles. The molecule has 0 bridgehead atoms. The molecular formula is C15H21ClN2O. The van der Waals surface area contributed by atoms with Crippen molar-refractivity contribution in [3.8, 4) is 0 Å². The van der Waals surface area contributed by atoms with E-state index in [0.29, 0.717) is 6.54 Å². The van der Waals surface area contributed by atoms with Crippen LogP contribution >= 0.6 is 11.6 Å². The third kappa shape index (κ3) is 3.63. The molecule has 0 atom stereocenters. The van der Waals surface area contributed by atoms with Crippen LogP contribution in [0.4, 0.5) is 4.79 Å². The maximum Gasteiger partial charge on any atom is 0.320 e. The van der Waals surface area contributed by atoms with E-state index >= 15 is 0 Å². The number of amides is 2. The second-order valence-electron chi connectivity index (χ2n) is 5.40. The minimum atomic E-state index is 0.104. The highest BCUT2D eigenvalue weighted by Crippen LogP contribution is 2.19. The first-order chi connectivity index (χ1) is 9.08. The summed E-state index contributed by atoms with van der Waals surface area (Å²) in [6.45, 7) is 4.54. The van der Waals surface area contributed by atoms with Gasteiger partial charge in [0.1, 0.15) is 0 Å². The van der Waals surface area contributed by atoms with Crippen LogP contribution in [0.1, 0.15) is 25.3 Å². The van der Waals surface area contributed by atoms with E-state index in [1.807, 2.05) is 36.2 Å². The minimum Gasteiger partial charge on any atom is -0.325 e. The summed E-state index contributed by atoms with van der Waals surface area (Å²) in [6.07, 6.45) is 2.21. The molecule has 1 heterocycles. The zero-order valence-electron chi connectivity index (χ0n) is 11.6. The van der Waals surface area contributed by atoms with E-state index in [0.717, 1.165) is 42.4 Å². The Morgan fingerprint density at radius 2 is 2.00 bits per heavy atom. The first-order valence-corrected chi connectivity index (χ1v) is 7.19. The summed E-state index contributed by atoms with van der Waals surface area (Å²) in [4.78, 5) is 16.0. The van der Waals surface area contributed by atoms with Gasteiger partial charge >= 0.3 is 6.03 Å². The summed E-state index contributed by atoms with van der Waals surface area (Å²) in [5.74, 6) is 0.734. The Morgan fingerprint density at radius 3 is 2.63 bits per heavy atom. The molecule has 104 valence electrons. The molecule has 0 radical (unpaired) electrons. The van der Waals surface area contributed by atoms with Gasteiger partial charge in [-0.2, -0.15) is 0 Å². The summed E-state index contributed by atoms with van der Waals surface area (Å²) >= 11 is 6.13. The van der Waals surface area contributed by atoms with E-state index in [-0.39, 0.29) is 6.03 Å². The van der Waals surface area contributed by atoms with Crippen LogP contribution < -0.4 is 0 Å². The van der Waals surface area contributed by atoms with Gasteiger partial charge in [-0.1, -0.05) is 36.7 Å². The number of piperidine rings is 1. The maximum absolute atomic E-state index is 12.3. The van der Waals surface area contributed by atoms with Crippen molar-refractivity contribution in [3.05, 3.63) is 34.9 Å². The van der Waals surface area contributed by atoms with Crippen LogP contribution in [0.5, 0.6) is 0 Å². The Hall–Kier alpha value is -1.22. The van der Waals surface area contributed by atoms with Gasteiger partial charge < -0.3 is 9.80 Å². The van der Waals surface area contributed by atoms with Gasteiger partial charge in [-0.3, -0.25) is 0 Å². The van der Waals surface area contributed by atoms with Crippen LogP contribution in [0.15, 0.2) is 24.3 Å². The highest BCUT2D eigenvalue weighted by molar-refractivity contribution is 6.31. The van der Waals surface area contributed by atoms with Crippen molar-refractivity contribution in [2.75, 3.05) is 20.1 Å². The molecule has 4 heteroatoms. The normalized spacial score (nSPS) is 16.5. The van der Waals surface area contributed by atoms with E-state index in [2.05, 4.69) is 6.92 Å². The summed E-state index contributed by atoms with van der Waals surface area (Å²) in [7, 11) is 1.84. The topological polar surface area (TPSA) is 23.6 Å². The highest BCUT2D eigenvalue weighted by atomic mass is 35.5. The lowest BCUT2D eigenvalue weighted by Gasteiger charge is -2.33. The molecule has 0 aliphatic carbocycles. The number of carbonyl (C=O) groups excluding carboxylic acids is 1. The Morgan fingerprint density at radius 1 is 1.37 bits per heavy atom. The predicted molar refractivity (Wildman–Crippen MR) is 78.3 cm³/mol. The van der Waals surface area contributed by atoms with Crippen molar-refractivity contribution in [3.63, 3.8) is 0 Å². The SMILES string of the molecule is CC1CCN(C(=O)N(C)Cc2ccccc2Cl)CC1. The van der Waals surface area contributed by atoms with Gasteiger partial charge in [0, 0.05) is 31.7 Å². The summed E-state index contributed by atoms with van der Waals surface area (Å²) < 4.78 is 0. The second kappa shape index (κ2) is 6.29. The Bertz CT molecular complexity index is 442. The van der Waals surface area contributed by atoms with Crippen LogP contribution in [0.2, 0.25) is 5.02 Å². The standard InChI is InChI=1S/C15H21ClN2O/c1-12-7-9-18(10-8-12)15(19)17(2)11-13-5-3-4-6-14(13)16/h3-6,12H,7-11H2,1-2H3. The number of hydrogen-bond donors (Lipinski definition) is 0. The zero-order valence-corrected chi connectivity index (χ0v) is 12.4. The lowest BCUT2D eigenvalue weighted by atomic mass is 9.99. The van der Waals surface area contributed by atoms with Crippen LogP contribution in [0, 0.1) is 5.92 Å². The minimum absolute atomic E-state index is 0.104. The largest absolute Gasteiger partial charge is 0.325 e. The van der Waals surface area contributed by atoms with Crippen molar-refractivity contribution in [2.24, 2.45) is 5.92 Å². The van der Waals surface area contributed by atoms with Gasteiger partial charge in [0.15, 0.2) is 0 Å². The molecule has 19 heavy (non-hydrogen) atoms. The van der Waals surface area contributed by atoms with Crippen LogP contribution in [0.25, 0.3) is 0 Å².